The molecular formula is C20H34O2Sn. The van der Waals surface area contributed by atoms with Gasteiger partial charge in [0.2, 0.25) is 0 Å². The number of rotatable bonds is 6. The van der Waals surface area contributed by atoms with Gasteiger partial charge in [0.1, 0.15) is 0 Å². The Balaban J connectivity index is 3.46. The van der Waals surface area contributed by atoms with Crippen LogP contribution in [0.5, 0.6) is 0 Å². The van der Waals surface area contributed by atoms with Crippen molar-refractivity contribution < 1.29 is 10.9 Å². The van der Waals surface area contributed by atoms with Crippen LogP contribution >= 0.6 is 0 Å². The third-order valence-corrected chi connectivity index (χ3v) is 6.21. The summed E-state index contributed by atoms with van der Waals surface area (Å²) >= 11 is -2.59. The van der Waals surface area contributed by atoms with Gasteiger partial charge in [-0.15, -0.1) is 0 Å². The van der Waals surface area contributed by atoms with E-state index in [9.17, 15) is 4.79 Å². The first-order chi connectivity index (χ1) is 10.9. The molecule has 3 heteroatoms. The molecule has 0 saturated heterocycles. The van der Waals surface area contributed by atoms with E-state index in [1.54, 1.807) is 0 Å². The summed E-state index contributed by atoms with van der Waals surface area (Å²) in [6, 6.07) is 4.30. The Morgan fingerprint density at radius 3 is 1.74 bits per heavy atom. The zero-order valence-electron chi connectivity index (χ0n) is 17.3. The number of carbonyl (C=O) groups is 1. The van der Waals surface area contributed by atoms with Crippen LogP contribution in [0.3, 0.4) is 0 Å². The van der Waals surface area contributed by atoms with Gasteiger partial charge in [-0.1, -0.05) is 0 Å². The van der Waals surface area contributed by atoms with Crippen molar-refractivity contribution >= 4 is 24.3 Å². The number of esters is 1. The fraction of sp³-hybridized carbons (Fsp3) is 0.650. The molecule has 1 aromatic rings. The van der Waals surface area contributed by atoms with E-state index in [0.29, 0.717) is 11.5 Å². The van der Waals surface area contributed by atoms with Gasteiger partial charge in [-0.2, -0.15) is 0 Å². The van der Waals surface area contributed by atoms with Crippen LogP contribution in [0.25, 0.3) is 0 Å². The average Bonchev–Trinajstić information content (AvgIpc) is 2.44. The number of benzene rings is 1. The van der Waals surface area contributed by atoms with Crippen molar-refractivity contribution in [1.29, 1.82) is 0 Å². The predicted molar refractivity (Wildman–Crippen MR) is 102 cm³/mol. The summed E-state index contributed by atoms with van der Waals surface area (Å²) in [6.45, 7) is 12.8. The van der Waals surface area contributed by atoms with E-state index in [4.69, 9.17) is 6.11 Å². The van der Waals surface area contributed by atoms with Crippen LogP contribution in [-0.2, 0) is 4.74 Å². The molecule has 0 spiro atoms. The molecule has 0 heterocycles. The fourth-order valence-electron chi connectivity index (χ4n) is 2.48. The molecule has 0 saturated carbocycles. The molecule has 0 amide bonds. The maximum atomic E-state index is 12.9. The molecule has 130 valence electrons. The summed E-state index contributed by atoms with van der Waals surface area (Å²) in [5.41, 5.74) is 4.05. The quantitative estimate of drug-likeness (QED) is 0.407. The van der Waals surface area contributed by atoms with E-state index in [1.165, 1.54) is 5.56 Å². The van der Waals surface area contributed by atoms with Crippen molar-refractivity contribution in [1.82, 2.24) is 0 Å². The molecule has 0 bridgehead atoms. The summed E-state index contributed by atoms with van der Waals surface area (Å²) in [5.74, 6) is 0.585. The standard InChI is InChI=1S/C17H25O2.3CH3.Sn/c1-10(2)13-8-14(11(3)4)16(17(18)19-7)15(9-13)12(5)6;;;;/h8-12H,7H2,1-6H3;3*1H3;/i7D;;;;. The van der Waals surface area contributed by atoms with Crippen molar-refractivity contribution in [3.05, 3.63) is 34.4 Å². The van der Waals surface area contributed by atoms with E-state index < -0.39 is 23.0 Å². The Labute approximate surface area is 148 Å². The first-order valence-electron chi connectivity index (χ1n) is 9.24. The average molecular weight is 426 g/mol. The molecule has 1 aromatic carbocycles. The first kappa shape index (κ1) is 18.8. The zero-order chi connectivity index (χ0) is 18.8. The summed E-state index contributed by atoms with van der Waals surface area (Å²) in [5, 5.41) is 0. The maximum absolute atomic E-state index is 12.9. The van der Waals surface area contributed by atoms with Gasteiger partial charge < -0.3 is 0 Å². The Hall–Kier alpha value is -0.511. The first-order valence-corrected chi connectivity index (χ1v) is 18.9. The van der Waals surface area contributed by atoms with Gasteiger partial charge >= 0.3 is 148 Å². The van der Waals surface area contributed by atoms with Gasteiger partial charge in [-0.3, -0.25) is 0 Å². The molecule has 0 aliphatic carbocycles. The number of hydrogen-bond acceptors (Lipinski definition) is 2. The van der Waals surface area contributed by atoms with Crippen LogP contribution in [-0.4, -0.2) is 28.9 Å². The van der Waals surface area contributed by atoms with Crippen molar-refractivity contribution in [2.45, 2.75) is 74.1 Å². The summed E-state index contributed by atoms with van der Waals surface area (Å²) in [7, 11) is 0. The van der Waals surface area contributed by atoms with Gasteiger partial charge in [-0.05, 0) is 0 Å². The van der Waals surface area contributed by atoms with Gasteiger partial charge in [0.05, 0.1) is 0 Å². The normalized spacial score (nSPS) is 14.3. The molecule has 0 fully saturated rings. The monoisotopic (exact) mass is 427 g/mol. The second kappa shape index (κ2) is 8.04. The summed E-state index contributed by atoms with van der Waals surface area (Å²) < 4.78 is 13.2. The van der Waals surface area contributed by atoms with Crippen LogP contribution in [0, 0.1) is 0 Å². The molecule has 0 N–H and O–H groups in total. The Morgan fingerprint density at radius 2 is 1.43 bits per heavy atom. The van der Waals surface area contributed by atoms with Crippen LogP contribution in [0.15, 0.2) is 12.1 Å². The Morgan fingerprint density at radius 1 is 1.00 bits per heavy atom. The molecule has 2 nitrogen and oxygen atoms in total. The molecule has 0 aliphatic rings. The van der Waals surface area contributed by atoms with Crippen LogP contribution in [0.1, 0.15) is 87.7 Å². The zero-order valence-corrected chi connectivity index (χ0v) is 19.1. The van der Waals surface area contributed by atoms with E-state index in [1.807, 2.05) is 0 Å². The van der Waals surface area contributed by atoms with Crippen molar-refractivity contribution in [3.8, 4) is 0 Å². The predicted octanol–water partition coefficient (Wildman–Crippen LogP) is 6.09. The summed E-state index contributed by atoms with van der Waals surface area (Å²) in [6.07, 6.45) is 0. The molecule has 0 aromatic heterocycles. The van der Waals surface area contributed by atoms with E-state index in [-0.39, 0.29) is 17.8 Å². The van der Waals surface area contributed by atoms with E-state index >= 15 is 0 Å². The van der Waals surface area contributed by atoms with Gasteiger partial charge in [0.25, 0.3) is 0 Å². The molecule has 0 unspecified atom stereocenters. The fourth-order valence-corrected chi connectivity index (χ4v) is 3.80. The molecule has 0 aliphatic heterocycles. The molecule has 0 radical (unpaired) electrons. The second-order valence-electron chi connectivity index (χ2n) is 8.43. The minimum atomic E-state index is -2.59. The van der Waals surface area contributed by atoms with Crippen molar-refractivity contribution in [2.75, 3.05) is 4.60 Å². The van der Waals surface area contributed by atoms with Crippen molar-refractivity contribution in [3.63, 3.8) is 0 Å². The van der Waals surface area contributed by atoms with Gasteiger partial charge in [0.15, 0.2) is 0 Å². The SMILES string of the molecule is [2H][C@@H](OC(=O)c1c(C(C)C)cc(C(C)C)cc1C(C)C)[Sn]([CH3])([CH3])[CH3]. The number of hydrogen-bond donors (Lipinski definition) is 0. The van der Waals surface area contributed by atoms with Gasteiger partial charge in [0, 0.05) is 0 Å². The Kier molecular flexibility index (Phi) is 6.58. The van der Waals surface area contributed by atoms with E-state index in [2.05, 4.69) is 68.5 Å². The van der Waals surface area contributed by atoms with Crippen LogP contribution < -0.4 is 0 Å². The topological polar surface area (TPSA) is 26.3 Å². The number of ether oxygens (including phenoxy) is 1. The summed E-state index contributed by atoms with van der Waals surface area (Å²) in [4.78, 5) is 19.3. The molecular weight excluding hydrogens is 391 g/mol. The minimum absolute atomic E-state index is 0.242. The third-order valence-electron chi connectivity index (χ3n) is 3.86. The van der Waals surface area contributed by atoms with Crippen LogP contribution in [0.4, 0.5) is 0 Å². The molecule has 1 atom stereocenters. The number of carbonyl (C=O) groups excluding carboxylic acids is 1. The Bertz CT molecular complexity index is 557. The van der Waals surface area contributed by atoms with E-state index in [0.717, 1.165) is 11.1 Å². The molecule has 23 heavy (non-hydrogen) atoms. The second-order valence-corrected chi connectivity index (χ2v) is 22.6. The third kappa shape index (κ3) is 5.81. The molecule has 1 rings (SSSR count). The van der Waals surface area contributed by atoms with Crippen LogP contribution in [0.2, 0.25) is 14.8 Å². The van der Waals surface area contributed by atoms with Crippen molar-refractivity contribution in [2.24, 2.45) is 0 Å². The van der Waals surface area contributed by atoms with Gasteiger partial charge in [-0.25, -0.2) is 0 Å².